The number of anilines is 1. The maximum atomic E-state index is 5.59. The lowest BCUT2D eigenvalue weighted by Gasteiger charge is -2.47. The molecule has 0 radical (unpaired) electrons. The monoisotopic (exact) mass is 276 g/mol. The molecular weight excluding hydrogens is 248 g/mol. The van der Waals surface area contributed by atoms with Crippen LogP contribution >= 0.6 is 0 Å². The van der Waals surface area contributed by atoms with Gasteiger partial charge >= 0.3 is 0 Å². The lowest BCUT2D eigenvalue weighted by molar-refractivity contribution is 0.376. The number of ether oxygens (including phenoxy) is 1. The van der Waals surface area contributed by atoms with Crippen LogP contribution in [0.15, 0.2) is 12.1 Å². The van der Waals surface area contributed by atoms with E-state index < -0.39 is 0 Å². The molecule has 1 aliphatic heterocycles. The molecule has 0 amide bonds. The van der Waals surface area contributed by atoms with Crippen LogP contribution in [0.25, 0.3) is 0 Å². The fraction of sp³-hybridized carbons (Fsp3) is 0.647. The van der Waals surface area contributed by atoms with Gasteiger partial charge in [-0.05, 0) is 51.8 Å². The van der Waals surface area contributed by atoms with Gasteiger partial charge in [-0.15, -0.1) is 0 Å². The minimum atomic E-state index is 0.205. The molecule has 0 aliphatic carbocycles. The van der Waals surface area contributed by atoms with Gasteiger partial charge in [-0.2, -0.15) is 0 Å². The molecule has 0 unspecified atom stereocenters. The summed E-state index contributed by atoms with van der Waals surface area (Å²) in [5, 5.41) is 3.23. The Labute approximate surface area is 123 Å². The summed E-state index contributed by atoms with van der Waals surface area (Å²) in [4.78, 5) is 2.51. The van der Waals surface area contributed by atoms with Crippen LogP contribution in [0.5, 0.6) is 5.75 Å². The fourth-order valence-electron chi connectivity index (χ4n) is 3.67. The van der Waals surface area contributed by atoms with Crippen molar-refractivity contribution in [3.63, 3.8) is 0 Å². The zero-order valence-electron chi connectivity index (χ0n) is 13.7. The van der Waals surface area contributed by atoms with Gasteiger partial charge in [0.05, 0.1) is 7.11 Å². The van der Waals surface area contributed by atoms with Gasteiger partial charge in [-0.1, -0.05) is 6.92 Å². The summed E-state index contributed by atoms with van der Waals surface area (Å²) in [6.45, 7) is 11.1. The highest BCUT2D eigenvalue weighted by atomic mass is 16.5. The quantitative estimate of drug-likeness (QED) is 0.910. The van der Waals surface area contributed by atoms with Crippen LogP contribution in [-0.4, -0.2) is 26.2 Å². The molecule has 0 fully saturated rings. The van der Waals surface area contributed by atoms with E-state index in [2.05, 4.69) is 50.0 Å². The Morgan fingerprint density at radius 2 is 2.10 bits per heavy atom. The van der Waals surface area contributed by atoms with Crippen molar-refractivity contribution < 1.29 is 4.74 Å². The zero-order valence-corrected chi connectivity index (χ0v) is 13.7. The van der Waals surface area contributed by atoms with Crippen LogP contribution in [0.3, 0.4) is 0 Å². The summed E-state index contributed by atoms with van der Waals surface area (Å²) in [5.74, 6) is 1.57. The Hall–Kier alpha value is -1.22. The van der Waals surface area contributed by atoms with E-state index in [0.717, 1.165) is 18.8 Å². The number of methoxy groups -OCH3 is 1. The zero-order chi connectivity index (χ0) is 14.9. The molecule has 1 aliphatic rings. The second-order valence-electron chi connectivity index (χ2n) is 6.42. The first-order chi connectivity index (χ1) is 9.44. The summed E-state index contributed by atoms with van der Waals surface area (Å²) in [7, 11) is 3.73. The number of nitrogens with one attached hydrogen (secondary N) is 1. The molecule has 1 aromatic rings. The third-order valence-corrected chi connectivity index (χ3v) is 4.47. The van der Waals surface area contributed by atoms with Crippen LogP contribution in [0.1, 0.15) is 51.2 Å². The molecule has 0 bridgehead atoms. The van der Waals surface area contributed by atoms with Crippen molar-refractivity contribution in [3.05, 3.63) is 23.3 Å². The van der Waals surface area contributed by atoms with Crippen molar-refractivity contribution in [1.82, 2.24) is 5.32 Å². The smallest absolute Gasteiger partial charge is 0.125 e. The van der Waals surface area contributed by atoms with E-state index >= 15 is 0 Å². The minimum absolute atomic E-state index is 0.205. The van der Waals surface area contributed by atoms with Gasteiger partial charge in [0.15, 0.2) is 0 Å². The predicted octanol–water partition coefficient (Wildman–Crippen LogP) is 3.53. The molecule has 1 N–H and O–H groups in total. The highest BCUT2D eigenvalue weighted by Crippen LogP contribution is 2.45. The van der Waals surface area contributed by atoms with E-state index in [0.29, 0.717) is 5.92 Å². The van der Waals surface area contributed by atoms with E-state index in [9.17, 15) is 0 Å². The molecule has 2 rings (SSSR count). The van der Waals surface area contributed by atoms with Crippen molar-refractivity contribution in [2.24, 2.45) is 0 Å². The molecule has 112 valence electrons. The van der Waals surface area contributed by atoms with Crippen LogP contribution < -0.4 is 15.0 Å². The number of hydrogen-bond acceptors (Lipinski definition) is 3. The van der Waals surface area contributed by atoms with E-state index in [1.807, 2.05) is 7.05 Å². The summed E-state index contributed by atoms with van der Waals surface area (Å²) >= 11 is 0. The maximum Gasteiger partial charge on any atom is 0.125 e. The minimum Gasteiger partial charge on any atom is -0.496 e. The third-order valence-electron chi connectivity index (χ3n) is 4.47. The van der Waals surface area contributed by atoms with Crippen molar-refractivity contribution in [1.29, 1.82) is 0 Å². The SMILES string of the molecule is CCN1c2cc(OC)c(CNC)cc2[C@@H](C)CC1(C)C. The molecule has 3 nitrogen and oxygen atoms in total. The van der Waals surface area contributed by atoms with E-state index in [1.165, 1.54) is 23.2 Å². The molecule has 0 saturated heterocycles. The predicted molar refractivity (Wildman–Crippen MR) is 85.9 cm³/mol. The average molecular weight is 276 g/mol. The van der Waals surface area contributed by atoms with Gasteiger partial charge in [0, 0.05) is 35.9 Å². The molecular formula is C17H28N2O. The number of rotatable bonds is 4. The van der Waals surface area contributed by atoms with Crippen LogP contribution in [0, 0.1) is 0 Å². The Kier molecular flexibility index (Phi) is 4.28. The van der Waals surface area contributed by atoms with Gasteiger partial charge in [-0.25, -0.2) is 0 Å². The highest BCUT2D eigenvalue weighted by molar-refractivity contribution is 5.64. The van der Waals surface area contributed by atoms with Crippen molar-refractivity contribution >= 4 is 5.69 Å². The lowest BCUT2D eigenvalue weighted by atomic mass is 9.79. The average Bonchev–Trinajstić information content (AvgIpc) is 2.38. The fourth-order valence-corrected chi connectivity index (χ4v) is 3.67. The molecule has 1 atom stereocenters. The summed E-state index contributed by atoms with van der Waals surface area (Å²) in [6.07, 6.45) is 1.19. The molecule has 0 saturated carbocycles. The summed E-state index contributed by atoms with van der Waals surface area (Å²) in [6, 6.07) is 4.55. The Morgan fingerprint density at radius 1 is 1.40 bits per heavy atom. The second kappa shape index (κ2) is 5.65. The molecule has 20 heavy (non-hydrogen) atoms. The molecule has 3 heteroatoms. The summed E-state index contributed by atoms with van der Waals surface area (Å²) < 4.78 is 5.59. The van der Waals surface area contributed by atoms with Crippen LogP contribution in [0.2, 0.25) is 0 Å². The van der Waals surface area contributed by atoms with Crippen LogP contribution in [0.4, 0.5) is 5.69 Å². The molecule has 1 heterocycles. The van der Waals surface area contributed by atoms with Crippen LogP contribution in [-0.2, 0) is 6.54 Å². The Bertz CT molecular complexity index is 482. The number of nitrogens with zero attached hydrogens (tertiary/aromatic N) is 1. The topological polar surface area (TPSA) is 24.5 Å². The largest absolute Gasteiger partial charge is 0.496 e. The number of hydrogen-bond donors (Lipinski definition) is 1. The van der Waals surface area contributed by atoms with Gasteiger partial charge in [0.1, 0.15) is 5.75 Å². The van der Waals surface area contributed by atoms with Gasteiger partial charge < -0.3 is 15.0 Å². The Morgan fingerprint density at radius 3 is 2.65 bits per heavy atom. The first-order valence-corrected chi connectivity index (χ1v) is 7.57. The van der Waals surface area contributed by atoms with Gasteiger partial charge in [0.2, 0.25) is 0 Å². The number of benzene rings is 1. The highest BCUT2D eigenvalue weighted by Gasteiger charge is 2.36. The number of fused-ring (bicyclic) bond motifs is 1. The molecule has 1 aromatic carbocycles. The van der Waals surface area contributed by atoms with Crippen molar-refractivity contribution in [3.8, 4) is 5.75 Å². The molecule has 0 spiro atoms. The second-order valence-corrected chi connectivity index (χ2v) is 6.42. The first kappa shape index (κ1) is 15.2. The van der Waals surface area contributed by atoms with Gasteiger partial charge in [-0.3, -0.25) is 0 Å². The standard InChI is InChI=1S/C17H28N2O/c1-7-19-15-9-16(20-6)13(11-18-5)8-14(15)12(2)10-17(19,3)4/h8-9,12,18H,7,10-11H2,1-6H3/t12-/m0/s1. The van der Waals surface area contributed by atoms with Crippen molar-refractivity contribution in [2.45, 2.75) is 52.1 Å². The van der Waals surface area contributed by atoms with E-state index in [-0.39, 0.29) is 5.54 Å². The van der Waals surface area contributed by atoms with Crippen molar-refractivity contribution in [2.75, 3.05) is 25.6 Å². The van der Waals surface area contributed by atoms with E-state index in [4.69, 9.17) is 4.74 Å². The van der Waals surface area contributed by atoms with Gasteiger partial charge in [0.25, 0.3) is 0 Å². The van der Waals surface area contributed by atoms with E-state index in [1.54, 1.807) is 7.11 Å². The third kappa shape index (κ3) is 2.51. The molecule has 0 aromatic heterocycles. The normalized spacial score (nSPS) is 20.7. The summed E-state index contributed by atoms with van der Waals surface area (Å²) in [5.41, 5.74) is 4.25. The maximum absolute atomic E-state index is 5.59. The lowest BCUT2D eigenvalue weighted by Crippen LogP contribution is -2.48. The Balaban J connectivity index is 2.56. The first-order valence-electron chi connectivity index (χ1n) is 7.57.